The zero-order chi connectivity index (χ0) is 26.8. The van der Waals surface area contributed by atoms with Gasteiger partial charge in [0.1, 0.15) is 22.8 Å². The first kappa shape index (κ1) is 24.7. The number of halogens is 2. The fourth-order valence-electron chi connectivity index (χ4n) is 4.58. The van der Waals surface area contributed by atoms with Crippen molar-refractivity contribution in [3.63, 3.8) is 0 Å². The molecule has 13 heteroatoms. The molecule has 1 fully saturated rings. The quantitative estimate of drug-likeness (QED) is 0.240. The number of aromatic amines is 1. The summed E-state index contributed by atoms with van der Waals surface area (Å²) in [6, 6.07) is 7.72. The Labute approximate surface area is 221 Å². The van der Waals surface area contributed by atoms with Gasteiger partial charge in [0, 0.05) is 74.0 Å². The first-order valence-corrected chi connectivity index (χ1v) is 12.6. The Morgan fingerprint density at radius 1 is 1.05 bits per heavy atom. The van der Waals surface area contributed by atoms with Crippen LogP contribution in [0.15, 0.2) is 55.2 Å². The molecule has 5 aromatic heterocycles. The number of nitrogens with zero attached hydrogens (tertiary/aromatic N) is 6. The Bertz CT molecular complexity index is 1610. The third kappa shape index (κ3) is 5.21. The fraction of sp³-hybridized carbons (Fsp3) is 0.269. The number of H-pyrrole nitrogens is 1. The Balaban J connectivity index is 1.17. The zero-order valence-electron chi connectivity index (χ0n) is 20.9. The minimum atomic E-state index is -2.63. The molecule has 0 aromatic carbocycles. The molecule has 11 nitrogen and oxygen atoms in total. The molecule has 0 bridgehead atoms. The molecule has 1 aliphatic rings. The second kappa shape index (κ2) is 10.6. The lowest BCUT2D eigenvalue weighted by molar-refractivity contribution is 0.0886. The number of hydrogen-bond donors (Lipinski definition) is 4. The summed E-state index contributed by atoms with van der Waals surface area (Å²) in [7, 11) is 0. The number of hydrogen-bond acceptors (Lipinski definition) is 8. The van der Waals surface area contributed by atoms with Gasteiger partial charge in [-0.25, -0.2) is 23.7 Å². The van der Waals surface area contributed by atoms with Crippen molar-refractivity contribution in [2.45, 2.75) is 13.0 Å². The molecule has 200 valence electrons. The van der Waals surface area contributed by atoms with Crippen LogP contribution in [0.4, 0.5) is 20.5 Å². The Kier molecular flexibility index (Phi) is 6.71. The van der Waals surface area contributed by atoms with Crippen LogP contribution >= 0.6 is 0 Å². The van der Waals surface area contributed by atoms with Gasteiger partial charge in [-0.15, -0.1) is 0 Å². The SMILES string of the molecule is O=C(NCC(F)F)c1cnc2ccc(-c3c[nH]c4nc(NCc5ccc(N6CCNCC6)nc5)ncc34)cn12. The second-order valence-corrected chi connectivity index (χ2v) is 9.16. The van der Waals surface area contributed by atoms with E-state index in [9.17, 15) is 13.6 Å². The van der Waals surface area contributed by atoms with Crippen molar-refractivity contribution in [1.82, 2.24) is 40.0 Å². The fourth-order valence-corrected chi connectivity index (χ4v) is 4.58. The van der Waals surface area contributed by atoms with Gasteiger partial charge in [0.15, 0.2) is 0 Å². The number of fused-ring (bicyclic) bond motifs is 2. The predicted octanol–water partition coefficient (Wildman–Crippen LogP) is 2.68. The smallest absolute Gasteiger partial charge is 0.270 e. The number of nitrogens with one attached hydrogen (secondary N) is 4. The number of amides is 1. The molecule has 39 heavy (non-hydrogen) atoms. The first-order valence-electron chi connectivity index (χ1n) is 12.6. The summed E-state index contributed by atoms with van der Waals surface area (Å²) in [6.45, 7) is 3.63. The van der Waals surface area contributed by atoms with Crippen molar-refractivity contribution in [3.8, 4) is 11.1 Å². The van der Waals surface area contributed by atoms with Crippen molar-refractivity contribution in [2.75, 3.05) is 42.9 Å². The van der Waals surface area contributed by atoms with Crippen LogP contribution in [-0.4, -0.2) is 74.4 Å². The van der Waals surface area contributed by atoms with Crippen LogP contribution in [0.3, 0.4) is 0 Å². The van der Waals surface area contributed by atoms with Gasteiger partial charge in [-0.05, 0) is 23.8 Å². The molecule has 6 heterocycles. The van der Waals surface area contributed by atoms with Gasteiger partial charge in [0.25, 0.3) is 12.3 Å². The van der Waals surface area contributed by atoms with Crippen LogP contribution in [-0.2, 0) is 6.54 Å². The number of carbonyl (C=O) groups is 1. The molecule has 0 saturated carbocycles. The average Bonchev–Trinajstić information content (AvgIpc) is 3.59. The molecule has 1 amide bonds. The van der Waals surface area contributed by atoms with Crippen molar-refractivity contribution < 1.29 is 13.6 Å². The van der Waals surface area contributed by atoms with E-state index in [0.717, 1.165) is 54.1 Å². The van der Waals surface area contributed by atoms with Crippen molar-refractivity contribution in [2.24, 2.45) is 0 Å². The Hall–Kier alpha value is -4.65. The lowest BCUT2D eigenvalue weighted by Gasteiger charge is -2.28. The van der Waals surface area contributed by atoms with Gasteiger partial charge < -0.3 is 25.8 Å². The van der Waals surface area contributed by atoms with E-state index in [2.05, 4.69) is 51.8 Å². The molecule has 6 rings (SSSR count). The van der Waals surface area contributed by atoms with Gasteiger partial charge >= 0.3 is 0 Å². The highest BCUT2D eigenvalue weighted by molar-refractivity contribution is 5.95. The highest BCUT2D eigenvalue weighted by atomic mass is 19.3. The Morgan fingerprint density at radius 3 is 2.72 bits per heavy atom. The number of alkyl halides is 2. The maximum absolute atomic E-state index is 12.5. The van der Waals surface area contributed by atoms with E-state index in [1.54, 1.807) is 22.9 Å². The van der Waals surface area contributed by atoms with E-state index in [1.807, 2.05) is 24.5 Å². The number of rotatable bonds is 8. The normalized spacial score (nSPS) is 13.9. The second-order valence-electron chi connectivity index (χ2n) is 9.16. The topological polar surface area (TPSA) is 128 Å². The third-order valence-electron chi connectivity index (χ3n) is 6.60. The van der Waals surface area contributed by atoms with Crippen LogP contribution in [0.25, 0.3) is 27.8 Å². The van der Waals surface area contributed by atoms with Gasteiger partial charge in [-0.2, -0.15) is 4.98 Å². The maximum Gasteiger partial charge on any atom is 0.270 e. The average molecular weight is 533 g/mol. The van der Waals surface area contributed by atoms with Gasteiger partial charge in [-0.1, -0.05) is 6.07 Å². The summed E-state index contributed by atoms with van der Waals surface area (Å²) < 4.78 is 26.6. The number of pyridine rings is 2. The van der Waals surface area contributed by atoms with E-state index < -0.39 is 18.9 Å². The van der Waals surface area contributed by atoms with E-state index in [1.165, 1.54) is 6.20 Å². The lowest BCUT2D eigenvalue weighted by atomic mass is 10.1. The summed E-state index contributed by atoms with van der Waals surface area (Å²) in [6.07, 6.45) is 5.89. The molecule has 0 spiro atoms. The molecular weight excluding hydrogens is 506 g/mol. The van der Waals surface area contributed by atoms with Crippen molar-refractivity contribution in [3.05, 3.63) is 66.5 Å². The molecule has 4 N–H and O–H groups in total. The largest absolute Gasteiger partial charge is 0.354 e. The molecule has 0 atom stereocenters. The maximum atomic E-state index is 12.5. The minimum absolute atomic E-state index is 0.172. The number of aromatic nitrogens is 6. The zero-order valence-corrected chi connectivity index (χ0v) is 20.9. The van der Waals surface area contributed by atoms with Crippen molar-refractivity contribution >= 4 is 34.4 Å². The number of carbonyl (C=O) groups excluding carboxylic acids is 1. The van der Waals surface area contributed by atoms with E-state index in [4.69, 9.17) is 0 Å². The van der Waals surface area contributed by atoms with Crippen LogP contribution in [0, 0.1) is 0 Å². The summed E-state index contributed by atoms with van der Waals surface area (Å²) in [5, 5.41) is 9.60. The molecule has 1 saturated heterocycles. The summed E-state index contributed by atoms with van der Waals surface area (Å²) in [5.74, 6) is 0.836. The number of imidazole rings is 1. The van der Waals surface area contributed by atoms with Crippen LogP contribution in [0.5, 0.6) is 0 Å². The molecular formula is C26H26F2N10O. The van der Waals surface area contributed by atoms with Crippen LogP contribution in [0.1, 0.15) is 16.1 Å². The molecule has 0 radical (unpaired) electrons. The standard InChI is InChI=1S/C26H26F2N10O/c27-21(28)14-33-25(39)20-13-31-23-4-2-17(15-38(20)23)18-11-32-24-19(18)12-35-26(36-24)34-10-16-1-3-22(30-9-16)37-7-5-29-6-8-37/h1-4,9,11-13,15,21,29H,5-8,10,14H2,(H,33,39)(H2,32,34,35,36). The predicted molar refractivity (Wildman–Crippen MR) is 143 cm³/mol. The van der Waals surface area contributed by atoms with Crippen LogP contribution in [0.2, 0.25) is 0 Å². The first-order chi connectivity index (χ1) is 19.0. The van der Waals surface area contributed by atoms with E-state index in [-0.39, 0.29) is 5.69 Å². The van der Waals surface area contributed by atoms with Gasteiger partial charge in [0.2, 0.25) is 5.95 Å². The minimum Gasteiger partial charge on any atom is -0.354 e. The summed E-state index contributed by atoms with van der Waals surface area (Å²) >= 11 is 0. The highest BCUT2D eigenvalue weighted by Gasteiger charge is 2.16. The van der Waals surface area contributed by atoms with Crippen LogP contribution < -0.4 is 20.9 Å². The number of piperazine rings is 1. The molecule has 0 aliphatic carbocycles. The van der Waals surface area contributed by atoms with Gasteiger partial charge in [-0.3, -0.25) is 9.20 Å². The van der Waals surface area contributed by atoms with Crippen molar-refractivity contribution in [1.29, 1.82) is 0 Å². The Morgan fingerprint density at radius 2 is 1.92 bits per heavy atom. The third-order valence-corrected chi connectivity index (χ3v) is 6.60. The summed E-state index contributed by atoms with van der Waals surface area (Å²) in [4.78, 5) is 35.7. The summed E-state index contributed by atoms with van der Waals surface area (Å²) in [5.41, 5.74) is 3.99. The van der Waals surface area contributed by atoms with Gasteiger partial charge in [0.05, 0.1) is 12.7 Å². The van der Waals surface area contributed by atoms with E-state index >= 15 is 0 Å². The highest BCUT2D eigenvalue weighted by Crippen LogP contribution is 2.28. The molecule has 0 unspecified atom stereocenters. The molecule has 1 aliphatic heterocycles. The van der Waals surface area contributed by atoms with E-state index in [0.29, 0.717) is 23.8 Å². The molecule has 5 aromatic rings. The monoisotopic (exact) mass is 532 g/mol. The lowest BCUT2D eigenvalue weighted by Crippen LogP contribution is -2.43. The number of anilines is 2.